The first-order chi connectivity index (χ1) is 8.09. The first-order valence-electron chi connectivity index (χ1n) is 6.65. The quantitative estimate of drug-likeness (QED) is 0.841. The maximum Gasteiger partial charge on any atom is 0.0312 e. The molecule has 1 aliphatic heterocycles. The van der Waals surface area contributed by atoms with Gasteiger partial charge < -0.3 is 11.1 Å². The van der Waals surface area contributed by atoms with Crippen molar-refractivity contribution in [2.45, 2.75) is 52.1 Å². The SMILES string of the molecule is Cc1ccc(C(N)CC2CCCN2)c(C)c1C. The molecule has 0 amide bonds. The molecular weight excluding hydrogens is 208 g/mol. The zero-order chi connectivity index (χ0) is 12.4. The standard InChI is InChI=1S/C15H24N2/c1-10-6-7-14(12(3)11(10)2)15(16)9-13-5-4-8-17-13/h6-7,13,15,17H,4-5,8-9,16H2,1-3H3. The van der Waals surface area contributed by atoms with Crippen molar-refractivity contribution in [3.05, 3.63) is 34.4 Å². The van der Waals surface area contributed by atoms with Gasteiger partial charge in [0.15, 0.2) is 0 Å². The maximum atomic E-state index is 6.35. The molecule has 1 aliphatic rings. The van der Waals surface area contributed by atoms with Crippen molar-refractivity contribution in [1.29, 1.82) is 0 Å². The van der Waals surface area contributed by atoms with Gasteiger partial charge in [-0.3, -0.25) is 0 Å². The lowest BCUT2D eigenvalue weighted by Crippen LogP contribution is -2.27. The van der Waals surface area contributed by atoms with E-state index in [1.807, 2.05) is 0 Å². The highest BCUT2D eigenvalue weighted by Crippen LogP contribution is 2.26. The Morgan fingerprint density at radius 2 is 2.06 bits per heavy atom. The zero-order valence-corrected chi connectivity index (χ0v) is 11.2. The average molecular weight is 232 g/mol. The molecule has 94 valence electrons. The molecule has 0 saturated carbocycles. The van der Waals surface area contributed by atoms with Gasteiger partial charge in [-0.25, -0.2) is 0 Å². The van der Waals surface area contributed by atoms with Crippen molar-refractivity contribution in [2.24, 2.45) is 5.73 Å². The lowest BCUT2D eigenvalue weighted by Gasteiger charge is -2.20. The second-order valence-electron chi connectivity index (χ2n) is 5.36. The van der Waals surface area contributed by atoms with E-state index in [0.717, 1.165) is 13.0 Å². The van der Waals surface area contributed by atoms with E-state index in [2.05, 4.69) is 38.2 Å². The highest BCUT2D eigenvalue weighted by atomic mass is 14.9. The van der Waals surface area contributed by atoms with Crippen molar-refractivity contribution in [1.82, 2.24) is 5.32 Å². The smallest absolute Gasteiger partial charge is 0.0312 e. The fraction of sp³-hybridized carbons (Fsp3) is 0.600. The number of rotatable bonds is 3. The van der Waals surface area contributed by atoms with E-state index in [-0.39, 0.29) is 6.04 Å². The third kappa shape index (κ3) is 2.70. The largest absolute Gasteiger partial charge is 0.324 e. The molecule has 2 heteroatoms. The summed E-state index contributed by atoms with van der Waals surface area (Å²) in [7, 11) is 0. The molecule has 0 spiro atoms. The summed E-state index contributed by atoms with van der Waals surface area (Å²) in [5, 5.41) is 3.52. The molecule has 17 heavy (non-hydrogen) atoms. The van der Waals surface area contributed by atoms with Crippen LogP contribution < -0.4 is 11.1 Å². The molecule has 2 rings (SSSR count). The Balaban J connectivity index is 2.13. The highest BCUT2D eigenvalue weighted by molar-refractivity contribution is 5.40. The van der Waals surface area contributed by atoms with Gasteiger partial charge in [-0.15, -0.1) is 0 Å². The summed E-state index contributed by atoms with van der Waals surface area (Å²) >= 11 is 0. The second-order valence-corrected chi connectivity index (χ2v) is 5.36. The van der Waals surface area contributed by atoms with Crippen LogP contribution in [0.5, 0.6) is 0 Å². The second kappa shape index (κ2) is 5.19. The molecular formula is C15H24N2. The van der Waals surface area contributed by atoms with E-state index in [4.69, 9.17) is 5.73 Å². The summed E-state index contributed by atoms with van der Waals surface area (Å²) in [6.45, 7) is 7.70. The molecule has 1 heterocycles. The van der Waals surface area contributed by atoms with Crippen LogP contribution in [0.25, 0.3) is 0 Å². The predicted octanol–water partition coefficient (Wildman–Crippen LogP) is 2.75. The van der Waals surface area contributed by atoms with E-state index < -0.39 is 0 Å². The zero-order valence-electron chi connectivity index (χ0n) is 11.2. The normalized spacial score (nSPS) is 21.8. The molecule has 2 nitrogen and oxygen atoms in total. The van der Waals surface area contributed by atoms with Crippen LogP contribution >= 0.6 is 0 Å². The van der Waals surface area contributed by atoms with Crippen molar-refractivity contribution in [3.63, 3.8) is 0 Å². The number of hydrogen-bond donors (Lipinski definition) is 2. The molecule has 0 bridgehead atoms. The van der Waals surface area contributed by atoms with Crippen LogP contribution in [0.15, 0.2) is 12.1 Å². The Morgan fingerprint density at radius 3 is 2.71 bits per heavy atom. The third-order valence-corrected chi connectivity index (χ3v) is 4.20. The number of nitrogens with two attached hydrogens (primary N) is 1. The van der Waals surface area contributed by atoms with E-state index in [9.17, 15) is 0 Å². The van der Waals surface area contributed by atoms with Crippen LogP contribution in [0.1, 0.15) is 47.6 Å². The van der Waals surface area contributed by atoms with Crippen LogP contribution in [-0.4, -0.2) is 12.6 Å². The van der Waals surface area contributed by atoms with Crippen LogP contribution in [0.2, 0.25) is 0 Å². The van der Waals surface area contributed by atoms with Crippen molar-refractivity contribution in [2.75, 3.05) is 6.54 Å². The Labute approximate surface area is 105 Å². The van der Waals surface area contributed by atoms with Gasteiger partial charge in [-0.05, 0) is 68.8 Å². The predicted molar refractivity (Wildman–Crippen MR) is 73.2 cm³/mol. The van der Waals surface area contributed by atoms with E-state index >= 15 is 0 Å². The summed E-state index contributed by atoms with van der Waals surface area (Å²) in [5.74, 6) is 0. The first-order valence-corrected chi connectivity index (χ1v) is 6.65. The van der Waals surface area contributed by atoms with Gasteiger partial charge in [-0.1, -0.05) is 12.1 Å². The minimum absolute atomic E-state index is 0.171. The van der Waals surface area contributed by atoms with Gasteiger partial charge in [0.2, 0.25) is 0 Å². The summed E-state index contributed by atoms with van der Waals surface area (Å²) in [6.07, 6.45) is 3.63. The van der Waals surface area contributed by atoms with E-state index in [1.165, 1.54) is 35.1 Å². The van der Waals surface area contributed by atoms with Crippen molar-refractivity contribution >= 4 is 0 Å². The number of nitrogens with one attached hydrogen (secondary N) is 1. The van der Waals surface area contributed by atoms with Crippen molar-refractivity contribution < 1.29 is 0 Å². The highest BCUT2D eigenvalue weighted by Gasteiger charge is 2.19. The van der Waals surface area contributed by atoms with E-state index in [0.29, 0.717) is 6.04 Å². The molecule has 1 saturated heterocycles. The van der Waals surface area contributed by atoms with Crippen molar-refractivity contribution in [3.8, 4) is 0 Å². The summed E-state index contributed by atoms with van der Waals surface area (Å²) < 4.78 is 0. The minimum atomic E-state index is 0.171. The third-order valence-electron chi connectivity index (χ3n) is 4.20. The molecule has 1 fully saturated rings. The van der Waals surface area contributed by atoms with Crippen LogP contribution in [0, 0.1) is 20.8 Å². The summed E-state index contributed by atoms with van der Waals surface area (Å²) in [4.78, 5) is 0. The molecule has 0 aliphatic carbocycles. The molecule has 1 aromatic rings. The first kappa shape index (κ1) is 12.6. The number of hydrogen-bond acceptors (Lipinski definition) is 2. The Kier molecular flexibility index (Phi) is 3.85. The Bertz CT molecular complexity index is 392. The fourth-order valence-electron chi connectivity index (χ4n) is 2.77. The molecule has 2 unspecified atom stereocenters. The lowest BCUT2D eigenvalue weighted by atomic mass is 9.91. The lowest BCUT2D eigenvalue weighted by molar-refractivity contribution is 0.498. The number of aryl methyl sites for hydroxylation is 1. The molecule has 3 N–H and O–H groups in total. The topological polar surface area (TPSA) is 38.0 Å². The number of benzene rings is 1. The molecule has 0 aromatic heterocycles. The van der Waals surface area contributed by atoms with Gasteiger partial charge in [0, 0.05) is 12.1 Å². The Hall–Kier alpha value is -0.860. The fourth-order valence-corrected chi connectivity index (χ4v) is 2.77. The monoisotopic (exact) mass is 232 g/mol. The molecule has 1 aromatic carbocycles. The Morgan fingerprint density at radius 1 is 1.29 bits per heavy atom. The summed E-state index contributed by atoms with van der Waals surface area (Å²) in [5.41, 5.74) is 11.8. The molecule has 0 radical (unpaired) electrons. The van der Waals surface area contributed by atoms with Gasteiger partial charge in [0.1, 0.15) is 0 Å². The van der Waals surface area contributed by atoms with Gasteiger partial charge in [0.05, 0.1) is 0 Å². The van der Waals surface area contributed by atoms with Gasteiger partial charge >= 0.3 is 0 Å². The maximum absolute atomic E-state index is 6.35. The van der Waals surface area contributed by atoms with Gasteiger partial charge in [-0.2, -0.15) is 0 Å². The minimum Gasteiger partial charge on any atom is -0.324 e. The average Bonchev–Trinajstić information content (AvgIpc) is 2.78. The van der Waals surface area contributed by atoms with E-state index in [1.54, 1.807) is 0 Å². The van der Waals surface area contributed by atoms with Crippen LogP contribution in [-0.2, 0) is 0 Å². The van der Waals surface area contributed by atoms with Gasteiger partial charge in [0.25, 0.3) is 0 Å². The van der Waals surface area contributed by atoms with Crippen LogP contribution in [0.4, 0.5) is 0 Å². The molecule has 2 atom stereocenters. The summed E-state index contributed by atoms with van der Waals surface area (Å²) in [6, 6.07) is 5.19. The van der Waals surface area contributed by atoms with Crippen LogP contribution in [0.3, 0.4) is 0 Å².